The van der Waals surface area contributed by atoms with Gasteiger partial charge in [-0.05, 0) is 35.0 Å². The van der Waals surface area contributed by atoms with E-state index in [0.717, 1.165) is 15.2 Å². The fourth-order valence-corrected chi connectivity index (χ4v) is 2.64. The summed E-state index contributed by atoms with van der Waals surface area (Å²) < 4.78 is 0.830. The first-order valence-corrected chi connectivity index (χ1v) is 7.58. The maximum atomic E-state index is 9.31. The van der Waals surface area contributed by atoms with Crippen LogP contribution >= 0.6 is 27.7 Å². The molecule has 4 nitrogen and oxygen atoms in total. The number of rotatable bonds is 5. The molecule has 2 rings (SSSR count). The van der Waals surface area contributed by atoms with E-state index < -0.39 is 0 Å². The van der Waals surface area contributed by atoms with Crippen molar-refractivity contribution < 1.29 is 5.11 Å². The third kappa shape index (κ3) is 4.49. The Morgan fingerprint density at radius 3 is 2.79 bits per heavy atom. The second kappa shape index (κ2) is 6.88. The van der Waals surface area contributed by atoms with Crippen molar-refractivity contribution in [3.05, 3.63) is 41.0 Å². The Kier molecular flexibility index (Phi) is 5.18. The molecule has 1 unspecified atom stereocenters. The predicted molar refractivity (Wildman–Crippen MR) is 81.9 cm³/mol. The van der Waals surface area contributed by atoms with Gasteiger partial charge in [-0.15, -0.1) is 11.8 Å². The van der Waals surface area contributed by atoms with Crippen molar-refractivity contribution in [2.45, 2.75) is 18.1 Å². The van der Waals surface area contributed by atoms with E-state index >= 15 is 0 Å². The molecule has 2 aromatic rings. The zero-order chi connectivity index (χ0) is 13.7. The molecule has 0 saturated carbocycles. The van der Waals surface area contributed by atoms with Crippen LogP contribution in [0.3, 0.4) is 0 Å². The number of hydrogen-bond donors (Lipinski definition) is 2. The lowest BCUT2D eigenvalue weighted by Crippen LogP contribution is -2.04. The van der Waals surface area contributed by atoms with Gasteiger partial charge in [-0.3, -0.25) is 0 Å². The summed E-state index contributed by atoms with van der Waals surface area (Å²) in [5.74, 6) is 1.14. The van der Waals surface area contributed by atoms with Crippen molar-refractivity contribution in [3.63, 3.8) is 0 Å². The highest BCUT2D eigenvalue weighted by Crippen LogP contribution is 2.27. The first-order valence-electron chi connectivity index (χ1n) is 5.80. The molecule has 0 aliphatic heterocycles. The van der Waals surface area contributed by atoms with Crippen molar-refractivity contribution in [2.24, 2.45) is 0 Å². The van der Waals surface area contributed by atoms with E-state index in [-0.39, 0.29) is 6.10 Å². The minimum absolute atomic E-state index is 0.364. The van der Waals surface area contributed by atoms with Gasteiger partial charge in [0.15, 0.2) is 0 Å². The van der Waals surface area contributed by atoms with Gasteiger partial charge >= 0.3 is 0 Å². The molecule has 19 heavy (non-hydrogen) atoms. The van der Waals surface area contributed by atoms with Crippen LogP contribution in [0, 0.1) is 0 Å². The van der Waals surface area contributed by atoms with E-state index in [0.29, 0.717) is 11.7 Å². The smallest absolute Gasteiger partial charge is 0.228 e. The van der Waals surface area contributed by atoms with Crippen LogP contribution in [0.1, 0.15) is 6.92 Å². The number of halogens is 1. The highest BCUT2D eigenvalue weighted by Gasteiger charge is 2.07. The number of para-hydroxylation sites is 1. The Morgan fingerprint density at radius 2 is 2.11 bits per heavy atom. The summed E-state index contributed by atoms with van der Waals surface area (Å²) in [7, 11) is 0. The van der Waals surface area contributed by atoms with Crippen molar-refractivity contribution in [3.8, 4) is 0 Å². The minimum Gasteiger partial charge on any atom is -0.393 e. The first-order chi connectivity index (χ1) is 9.15. The van der Waals surface area contributed by atoms with Crippen LogP contribution in [0.25, 0.3) is 0 Å². The Balaban J connectivity index is 2.12. The largest absolute Gasteiger partial charge is 0.393 e. The van der Waals surface area contributed by atoms with Gasteiger partial charge in [0, 0.05) is 17.6 Å². The minimum atomic E-state index is -0.364. The quantitative estimate of drug-likeness (QED) is 0.645. The number of nitrogens with zero attached hydrogens (tertiary/aromatic N) is 2. The monoisotopic (exact) mass is 339 g/mol. The molecule has 0 radical (unpaired) electrons. The predicted octanol–water partition coefficient (Wildman–Crippen LogP) is 3.46. The molecule has 1 aromatic carbocycles. The Morgan fingerprint density at radius 1 is 1.37 bits per heavy atom. The van der Waals surface area contributed by atoms with E-state index in [1.165, 1.54) is 11.8 Å². The summed E-state index contributed by atoms with van der Waals surface area (Å²) in [5.41, 5.74) is 0.941. The van der Waals surface area contributed by atoms with Gasteiger partial charge in [-0.1, -0.05) is 18.2 Å². The van der Waals surface area contributed by atoms with Gasteiger partial charge in [-0.2, -0.15) is 0 Å². The number of aromatic nitrogens is 2. The molecule has 100 valence electrons. The molecule has 0 aliphatic carbocycles. The van der Waals surface area contributed by atoms with Crippen molar-refractivity contribution in [1.29, 1.82) is 0 Å². The van der Waals surface area contributed by atoms with Crippen LogP contribution in [0.5, 0.6) is 0 Å². The Hall–Kier alpha value is -1.11. The summed E-state index contributed by atoms with van der Waals surface area (Å²) in [5, 5.41) is 13.3. The van der Waals surface area contributed by atoms with E-state index in [1.807, 2.05) is 30.3 Å². The fourth-order valence-electron chi connectivity index (χ4n) is 1.36. The van der Waals surface area contributed by atoms with E-state index in [1.54, 1.807) is 13.1 Å². The lowest BCUT2D eigenvalue weighted by atomic mass is 10.3. The number of aliphatic hydroxyl groups is 1. The number of benzene rings is 1. The molecule has 1 aromatic heterocycles. The fraction of sp³-hybridized carbons (Fsp3) is 0.231. The van der Waals surface area contributed by atoms with E-state index in [9.17, 15) is 5.11 Å². The average Bonchev–Trinajstić information content (AvgIpc) is 2.40. The van der Waals surface area contributed by atoms with Crippen LogP contribution in [0.2, 0.25) is 0 Å². The molecule has 2 N–H and O–H groups in total. The highest BCUT2D eigenvalue weighted by atomic mass is 79.9. The molecular weight excluding hydrogens is 326 g/mol. The molecule has 1 heterocycles. The number of hydrogen-bond acceptors (Lipinski definition) is 5. The molecule has 6 heteroatoms. The van der Waals surface area contributed by atoms with Crippen LogP contribution < -0.4 is 5.32 Å². The van der Waals surface area contributed by atoms with Crippen molar-refractivity contribution in [1.82, 2.24) is 9.97 Å². The molecule has 0 saturated heterocycles. The summed E-state index contributed by atoms with van der Waals surface area (Å²) in [6.07, 6.45) is 1.35. The summed E-state index contributed by atoms with van der Waals surface area (Å²) >= 11 is 4.90. The lowest BCUT2D eigenvalue weighted by molar-refractivity contribution is 0.220. The van der Waals surface area contributed by atoms with Gasteiger partial charge in [0.1, 0.15) is 5.03 Å². The zero-order valence-electron chi connectivity index (χ0n) is 10.4. The average molecular weight is 340 g/mol. The van der Waals surface area contributed by atoms with Crippen molar-refractivity contribution in [2.75, 3.05) is 11.1 Å². The number of aliphatic hydroxyl groups excluding tert-OH is 1. The van der Waals surface area contributed by atoms with Gasteiger partial charge in [0.25, 0.3) is 0 Å². The van der Waals surface area contributed by atoms with E-state index in [4.69, 9.17) is 0 Å². The van der Waals surface area contributed by atoms with Gasteiger partial charge in [-0.25, -0.2) is 9.97 Å². The highest BCUT2D eigenvalue weighted by molar-refractivity contribution is 9.10. The molecular formula is C13H14BrN3OS. The topological polar surface area (TPSA) is 58.0 Å². The standard InChI is InChI=1S/C13H14BrN3OS/c1-9(18)8-19-12-11(14)7-15-13(17-12)16-10-5-3-2-4-6-10/h2-7,9,18H,8H2,1H3,(H,15,16,17). The maximum absolute atomic E-state index is 9.31. The lowest BCUT2D eigenvalue weighted by Gasteiger charge is -2.08. The van der Waals surface area contributed by atoms with Gasteiger partial charge in [0.2, 0.25) is 5.95 Å². The molecule has 0 aliphatic rings. The molecule has 0 amide bonds. The number of nitrogens with one attached hydrogen (secondary N) is 1. The van der Waals surface area contributed by atoms with Crippen molar-refractivity contribution >= 4 is 39.3 Å². The second-order valence-electron chi connectivity index (χ2n) is 4.00. The summed E-state index contributed by atoms with van der Waals surface area (Å²) in [6, 6.07) is 9.76. The van der Waals surface area contributed by atoms with Crippen LogP contribution in [-0.2, 0) is 0 Å². The SMILES string of the molecule is CC(O)CSc1nc(Nc2ccccc2)ncc1Br. The molecule has 0 bridgehead atoms. The zero-order valence-corrected chi connectivity index (χ0v) is 12.8. The first kappa shape index (κ1) is 14.3. The Labute approximate surface area is 124 Å². The molecule has 0 fully saturated rings. The van der Waals surface area contributed by atoms with Gasteiger partial charge in [0.05, 0.1) is 10.6 Å². The van der Waals surface area contributed by atoms with Crippen LogP contribution in [-0.4, -0.2) is 26.9 Å². The normalized spacial score (nSPS) is 12.2. The second-order valence-corrected chi connectivity index (χ2v) is 5.86. The summed E-state index contributed by atoms with van der Waals surface area (Å²) in [6.45, 7) is 1.76. The number of anilines is 2. The molecule has 0 spiro atoms. The van der Waals surface area contributed by atoms with Crippen LogP contribution in [0.4, 0.5) is 11.6 Å². The van der Waals surface area contributed by atoms with Crippen LogP contribution in [0.15, 0.2) is 46.0 Å². The maximum Gasteiger partial charge on any atom is 0.228 e. The summed E-state index contributed by atoms with van der Waals surface area (Å²) in [4.78, 5) is 8.64. The third-order valence-corrected chi connectivity index (χ3v) is 4.28. The van der Waals surface area contributed by atoms with Gasteiger partial charge < -0.3 is 10.4 Å². The third-order valence-electron chi connectivity index (χ3n) is 2.20. The molecule has 1 atom stereocenters. The Bertz CT molecular complexity index is 537. The van der Waals surface area contributed by atoms with E-state index in [2.05, 4.69) is 31.2 Å². The number of thioether (sulfide) groups is 1.